The van der Waals surface area contributed by atoms with Gasteiger partial charge in [0.05, 0.1) is 24.2 Å². The second-order valence-electron chi connectivity index (χ2n) is 11.3. The molecule has 0 bridgehead atoms. The zero-order valence-electron chi connectivity index (χ0n) is 24.7. The van der Waals surface area contributed by atoms with Crippen LogP contribution in [0.15, 0.2) is 84.3 Å². The predicted octanol–water partition coefficient (Wildman–Crippen LogP) is 5.01. The Bertz CT molecular complexity index is 1450. The fourth-order valence-electron chi connectivity index (χ4n) is 5.74. The number of carbonyl (C=O) groups is 1. The van der Waals surface area contributed by atoms with E-state index in [1.807, 2.05) is 42.5 Å². The maximum absolute atomic E-state index is 13.5. The van der Waals surface area contributed by atoms with Crippen molar-refractivity contribution in [3.8, 4) is 0 Å². The topological polar surface area (TPSA) is 91.0 Å². The minimum Gasteiger partial charge on any atom is -0.379 e. The number of nitrogens with zero attached hydrogens (tertiary/aromatic N) is 2. The van der Waals surface area contributed by atoms with Gasteiger partial charge in [-0.3, -0.25) is 14.4 Å². The molecule has 0 aliphatic carbocycles. The van der Waals surface area contributed by atoms with Crippen LogP contribution >= 0.6 is 0 Å². The third-order valence-corrected chi connectivity index (χ3v) is 9.12. The van der Waals surface area contributed by atoms with Crippen LogP contribution in [0.25, 0.3) is 6.08 Å². The van der Waals surface area contributed by atoms with Crippen LogP contribution in [0.5, 0.6) is 0 Å². The van der Waals surface area contributed by atoms with Gasteiger partial charge in [0.15, 0.2) is 0 Å². The van der Waals surface area contributed by atoms with Crippen molar-refractivity contribution in [2.75, 3.05) is 62.1 Å². The Kier molecular flexibility index (Phi) is 10.9. The van der Waals surface area contributed by atoms with Crippen molar-refractivity contribution in [1.29, 1.82) is 0 Å². The minimum absolute atomic E-state index is 0.190. The number of nitrogens with one attached hydrogen (secondary N) is 2. The molecule has 3 aromatic rings. The Labute approximate surface area is 255 Å². The Morgan fingerprint density at radius 3 is 2.33 bits per heavy atom. The molecule has 0 spiro atoms. The fraction of sp³-hybridized carbons (Fsp3) is 0.382. The molecule has 0 unspecified atom stereocenters. The van der Waals surface area contributed by atoms with Gasteiger partial charge in [0.2, 0.25) is 0 Å². The molecule has 0 radical (unpaired) electrons. The van der Waals surface area contributed by atoms with Gasteiger partial charge in [-0.2, -0.15) is 0 Å². The first kappa shape index (κ1) is 30.8. The third kappa shape index (κ3) is 9.41. The summed E-state index contributed by atoms with van der Waals surface area (Å²) < 4.78 is 33.8. The van der Waals surface area contributed by atoms with Gasteiger partial charge in [0, 0.05) is 44.1 Å². The Hall–Kier alpha value is -3.66. The maximum atomic E-state index is 13.5. The summed E-state index contributed by atoms with van der Waals surface area (Å²) in [6, 6.07) is 25.1. The van der Waals surface area contributed by atoms with E-state index >= 15 is 0 Å². The Morgan fingerprint density at radius 1 is 0.907 bits per heavy atom. The summed E-state index contributed by atoms with van der Waals surface area (Å²) in [5.41, 5.74) is 3.83. The lowest BCUT2D eigenvalue weighted by Crippen LogP contribution is -2.38. The molecule has 228 valence electrons. The highest BCUT2D eigenvalue weighted by molar-refractivity contribution is 7.95. The number of benzene rings is 3. The molecule has 2 fully saturated rings. The highest BCUT2D eigenvalue weighted by Crippen LogP contribution is 2.30. The van der Waals surface area contributed by atoms with Gasteiger partial charge in [-0.05, 0) is 73.5 Å². The van der Waals surface area contributed by atoms with Gasteiger partial charge in [0.25, 0.3) is 15.9 Å². The number of hydrogen-bond donors (Lipinski definition) is 2. The van der Waals surface area contributed by atoms with Crippen molar-refractivity contribution < 1.29 is 17.9 Å². The first-order valence-electron chi connectivity index (χ1n) is 15.2. The maximum Gasteiger partial charge on any atom is 0.255 e. The van der Waals surface area contributed by atoms with E-state index in [1.54, 1.807) is 18.2 Å². The molecular formula is C34H42N4O4S. The molecule has 1 amide bonds. The second-order valence-corrected chi connectivity index (χ2v) is 12.8. The average Bonchev–Trinajstić information content (AvgIpc) is 3.04. The first-order valence-corrected chi connectivity index (χ1v) is 16.8. The van der Waals surface area contributed by atoms with Gasteiger partial charge < -0.3 is 15.0 Å². The lowest BCUT2D eigenvalue weighted by molar-refractivity contribution is 0.0374. The van der Waals surface area contributed by atoms with Crippen molar-refractivity contribution in [2.45, 2.75) is 25.7 Å². The highest BCUT2D eigenvalue weighted by atomic mass is 32.2. The Morgan fingerprint density at radius 2 is 1.60 bits per heavy atom. The molecule has 9 heteroatoms. The number of rotatable bonds is 12. The zero-order chi connectivity index (χ0) is 29.9. The molecule has 0 atom stereocenters. The van der Waals surface area contributed by atoms with E-state index in [9.17, 15) is 13.2 Å². The van der Waals surface area contributed by atoms with E-state index in [2.05, 4.69) is 44.1 Å². The number of carbonyl (C=O) groups excluding carboxylic acids is 1. The molecule has 2 heterocycles. The quantitative estimate of drug-likeness (QED) is 0.283. The molecule has 2 aliphatic heterocycles. The monoisotopic (exact) mass is 602 g/mol. The largest absolute Gasteiger partial charge is 0.379 e. The van der Waals surface area contributed by atoms with Crippen LogP contribution in [0.4, 0.5) is 11.4 Å². The average molecular weight is 603 g/mol. The molecule has 3 aromatic carbocycles. The van der Waals surface area contributed by atoms with Crippen molar-refractivity contribution in [2.24, 2.45) is 5.92 Å². The molecule has 0 aromatic heterocycles. The molecule has 0 saturated carbocycles. The summed E-state index contributed by atoms with van der Waals surface area (Å²) in [7, 11) is -3.78. The number of anilines is 2. The minimum atomic E-state index is -3.78. The lowest BCUT2D eigenvalue weighted by atomic mass is 9.89. The number of piperidine rings is 1. The zero-order valence-corrected chi connectivity index (χ0v) is 25.5. The summed E-state index contributed by atoms with van der Waals surface area (Å²) in [5, 5.41) is 4.23. The summed E-state index contributed by atoms with van der Waals surface area (Å²) >= 11 is 0. The van der Waals surface area contributed by atoms with Crippen molar-refractivity contribution in [3.05, 3.63) is 101 Å². The summed E-state index contributed by atoms with van der Waals surface area (Å²) in [5.74, 6) is 0.405. The van der Waals surface area contributed by atoms with Gasteiger partial charge in [0.1, 0.15) is 0 Å². The summed E-state index contributed by atoms with van der Waals surface area (Å²) in [4.78, 5) is 18.1. The van der Waals surface area contributed by atoms with E-state index in [-0.39, 0.29) is 5.91 Å². The van der Waals surface area contributed by atoms with E-state index in [0.29, 0.717) is 23.7 Å². The van der Waals surface area contributed by atoms with Gasteiger partial charge in [-0.25, -0.2) is 8.42 Å². The molecule has 2 saturated heterocycles. The second kappa shape index (κ2) is 15.2. The fourth-order valence-corrected chi connectivity index (χ4v) is 6.60. The molecule has 8 nitrogen and oxygen atoms in total. The standard InChI is InChI=1S/C34H42N4O4S/c39-34(35-17-7-18-37-21-23-42-24-22-37)32-27-31(36-43(40,41)25-16-28-8-3-1-4-9-28)12-13-33(32)38-19-14-30(15-20-38)26-29-10-5-2-6-11-29/h1-6,8-13,16,25,27,30,36H,7,14-15,17-24,26H2,(H,35,39)/b25-16+. The molecule has 2 aliphatic rings. The molecule has 5 rings (SSSR count). The van der Waals surface area contributed by atoms with E-state index in [1.165, 1.54) is 5.56 Å². The summed E-state index contributed by atoms with van der Waals surface area (Å²) in [6.45, 7) is 6.48. The van der Waals surface area contributed by atoms with Gasteiger partial charge in [-0.1, -0.05) is 60.7 Å². The smallest absolute Gasteiger partial charge is 0.255 e. The van der Waals surface area contributed by atoms with Gasteiger partial charge >= 0.3 is 0 Å². The van der Waals surface area contributed by atoms with Crippen LogP contribution in [0, 0.1) is 5.92 Å². The van der Waals surface area contributed by atoms with E-state index in [0.717, 1.165) is 88.3 Å². The van der Waals surface area contributed by atoms with Crippen molar-refractivity contribution in [1.82, 2.24) is 10.2 Å². The van der Waals surface area contributed by atoms with Crippen LogP contribution in [-0.4, -0.2) is 71.7 Å². The predicted molar refractivity (Wildman–Crippen MR) is 174 cm³/mol. The van der Waals surface area contributed by atoms with Crippen LogP contribution in [0.1, 0.15) is 40.7 Å². The Balaban J connectivity index is 1.27. The van der Waals surface area contributed by atoms with Crippen molar-refractivity contribution in [3.63, 3.8) is 0 Å². The lowest BCUT2D eigenvalue weighted by Gasteiger charge is -2.35. The van der Waals surface area contributed by atoms with Crippen LogP contribution in [-0.2, 0) is 21.2 Å². The SMILES string of the molecule is O=C(NCCCN1CCOCC1)c1cc(NS(=O)(=O)/C=C/c2ccccc2)ccc1N1CCC(Cc2ccccc2)CC1. The highest BCUT2D eigenvalue weighted by Gasteiger charge is 2.24. The van der Waals surface area contributed by atoms with Crippen LogP contribution < -0.4 is 14.9 Å². The van der Waals surface area contributed by atoms with Crippen LogP contribution in [0.3, 0.4) is 0 Å². The van der Waals surface area contributed by atoms with E-state index in [4.69, 9.17) is 4.74 Å². The molecule has 43 heavy (non-hydrogen) atoms. The van der Waals surface area contributed by atoms with Gasteiger partial charge in [-0.15, -0.1) is 0 Å². The number of ether oxygens (including phenoxy) is 1. The number of morpholine rings is 1. The number of hydrogen-bond acceptors (Lipinski definition) is 6. The third-order valence-electron chi connectivity index (χ3n) is 8.10. The summed E-state index contributed by atoms with van der Waals surface area (Å²) in [6.07, 6.45) is 5.52. The molecular weight excluding hydrogens is 560 g/mol. The number of sulfonamides is 1. The van der Waals surface area contributed by atoms with Crippen LogP contribution in [0.2, 0.25) is 0 Å². The molecule has 2 N–H and O–H groups in total. The first-order chi connectivity index (χ1) is 20.9. The van der Waals surface area contributed by atoms with Crippen molar-refractivity contribution >= 4 is 33.4 Å². The number of amides is 1. The normalized spacial score (nSPS) is 16.8. The van der Waals surface area contributed by atoms with E-state index < -0.39 is 10.0 Å².